The summed E-state index contributed by atoms with van der Waals surface area (Å²) in [4.78, 5) is 23.5. The zero-order chi connectivity index (χ0) is 33.5. The minimum Gasteiger partial charge on any atom is -0.461 e. The van der Waals surface area contributed by atoms with Gasteiger partial charge in [0.1, 0.15) is 13.2 Å². The van der Waals surface area contributed by atoms with Crippen LogP contribution >= 0.6 is 0 Å². The molecule has 1 rings (SSSR count). The SMILES string of the molecule is C=CCOC(=O)CCCCCCCc1ccc(CCCCCC)c(C/C=C/CCCCC)c1CCCCCCCC(=O)OCC=C. The van der Waals surface area contributed by atoms with E-state index < -0.39 is 0 Å². The summed E-state index contributed by atoms with van der Waals surface area (Å²) in [5, 5.41) is 0. The molecular formula is C42H68O4. The van der Waals surface area contributed by atoms with E-state index in [1.54, 1.807) is 34.4 Å². The first-order valence-electron chi connectivity index (χ1n) is 18.9. The lowest BCUT2D eigenvalue weighted by molar-refractivity contribution is -0.143. The molecule has 0 fully saturated rings. The Hall–Kier alpha value is -2.62. The molecule has 0 saturated carbocycles. The second-order valence-electron chi connectivity index (χ2n) is 12.8. The van der Waals surface area contributed by atoms with Crippen LogP contribution < -0.4 is 0 Å². The quantitative estimate of drug-likeness (QED) is 0.0462. The van der Waals surface area contributed by atoms with E-state index in [1.807, 2.05) is 0 Å². The fourth-order valence-corrected chi connectivity index (χ4v) is 6.06. The zero-order valence-electron chi connectivity index (χ0n) is 29.9. The molecule has 46 heavy (non-hydrogen) atoms. The van der Waals surface area contributed by atoms with Gasteiger partial charge in [-0.05, 0) is 92.9 Å². The first-order chi connectivity index (χ1) is 22.6. The van der Waals surface area contributed by atoms with Gasteiger partial charge in [0.2, 0.25) is 0 Å². The summed E-state index contributed by atoms with van der Waals surface area (Å²) >= 11 is 0. The molecule has 0 N–H and O–H groups in total. The van der Waals surface area contributed by atoms with Crippen LogP contribution in [0.5, 0.6) is 0 Å². The highest BCUT2D eigenvalue weighted by molar-refractivity contribution is 5.69. The summed E-state index contributed by atoms with van der Waals surface area (Å²) in [6.45, 7) is 12.4. The molecular weight excluding hydrogens is 568 g/mol. The largest absolute Gasteiger partial charge is 0.461 e. The van der Waals surface area contributed by atoms with Crippen molar-refractivity contribution < 1.29 is 19.1 Å². The number of benzene rings is 1. The van der Waals surface area contributed by atoms with Gasteiger partial charge in [-0.15, -0.1) is 0 Å². The van der Waals surface area contributed by atoms with Crippen molar-refractivity contribution in [2.75, 3.05) is 13.2 Å². The Morgan fingerprint density at radius 2 is 1.02 bits per heavy atom. The molecule has 4 nitrogen and oxygen atoms in total. The Bertz CT molecular complexity index is 976. The van der Waals surface area contributed by atoms with Crippen LogP contribution in [0.2, 0.25) is 0 Å². The molecule has 0 aliphatic heterocycles. The average molecular weight is 637 g/mol. The van der Waals surface area contributed by atoms with Gasteiger partial charge in [0.15, 0.2) is 0 Å². The second-order valence-corrected chi connectivity index (χ2v) is 12.8. The van der Waals surface area contributed by atoms with Crippen molar-refractivity contribution in [3.05, 3.63) is 71.8 Å². The van der Waals surface area contributed by atoms with Crippen molar-refractivity contribution >= 4 is 11.9 Å². The Kier molecular flexibility index (Phi) is 26.8. The van der Waals surface area contributed by atoms with E-state index in [1.165, 1.54) is 83.5 Å². The zero-order valence-corrected chi connectivity index (χ0v) is 29.9. The first-order valence-corrected chi connectivity index (χ1v) is 18.9. The molecule has 0 atom stereocenters. The van der Waals surface area contributed by atoms with Crippen LogP contribution in [0.4, 0.5) is 0 Å². The maximum Gasteiger partial charge on any atom is 0.306 e. The van der Waals surface area contributed by atoms with Crippen LogP contribution in [0.15, 0.2) is 49.6 Å². The number of carbonyl (C=O) groups excluding carboxylic acids is 2. The molecule has 0 aliphatic carbocycles. The number of ether oxygens (including phenoxy) is 2. The molecule has 0 aromatic heterocycles. The van der Waals surface area contributed by atoms with E-state index in [-0.39, 0.29) is 11.9 Å². The van der Waals surface area contributed by atoms with E-state index in [9.17, 15) is 9.59 Å². The third kappa shape index (κ3) is 21.2. The van der Waals surface area contributed by atoms with Crippen LogP contribution in [0.1, 0.15) is 165 Å². The van der Waals surface area contributed by atoms with Crippen molar-refractivity contribution in [1.29, 1.82) is 0 Å². The number of hydrogen-bond acceptors (Lipinski definition) is 4. The third-order valence-electron chi connectivity index (χ3n) is 8.75. The normalized spacial score (nSPS) is 11.2. The first kappa shape index (κ1) is 41.4. The van der Waals surface area contributed by atoms with Gasteiger partial charge in [-0.25, -0.2) is 0 Å². The summed E-state index contributed by atoms with van der Waals surface area (Å²) in [6.07, 6.45) is 34.9. The molecule has 0 saturated heterocycles. The molecule has 0 bridgehead atoms. The molecule has 4 heteroatoms. The molecule has 1 aromatic carbocycles. The lowest BCUT2D eigenvalue weighted by Crippen LogP contribution is -2.06. The van der Waals surface area contributed by atoms with Gasteiger partial charge in [0.05, 0.1) is 0 Å². The van der Waals surface area contributed by atoms with Crippen molar-refractivity contribution in [1.82, 2.24) is 0 Å². The van der Waals surface area contributed by atoms with Gasteiger partial charge in [0.25, 0.3) is 0 Å². The standard InChI is InChI=1S/C42H68O4/c1-5-9-11-13-17-23-29-39-37(27-21-12-10-6-2)33-34-38(28-22-16-14-19-25-31-41(43)45-35-7-3)40(39)30-24-18-15-20-26-32-42(44)46-36-8-4/h7-8,17,23,33-34H,3-6,9-16,18-22,24-32,35-36H2,1-2H3/b23-17+. The van der Waals surface area contributed by atoms with Gasteiger partial charge >= 0.3 is 11.9 Å². The molecule has 0 unspecified atom stereocenters. The highest BCUT2D eigenvalue weighted by Gasteiger charge is 2.13. The van der Waals surface area contributed by atoms with Gasteiger partial charge in [-0.3, -0.25) is 9.59 Å². The fraction of sp³-hybridized carbons (Fsp3) is 0.667. The predicted octanol–water partition coefficient (Wildman–Crippen LogP) is 11.7. The fourth-order valence-electron chi connectivity index (χ4n) is 6.06. The Morgan fingerprint density at radius 3 is 1.57 bits per heavy atom. The maximum atomic E-state index is 11.8. The Labute approximate surface area is 283 Å². The van der Waals surface area contributed by atoms with Crippen LogP contribution in [0, 0.1) is 0 Å². The number of rotatable bonds is 31. The van der Waals surface area contributed by atoms with Gasteiger partial charge in [-0.2, -0.15) is 0 Å². The number of aryl methyl sites for hydroxylation is 2. The number of allylic oxidation sites excluding steroid dienone is 2. The average Bonchev–Trinajstić information content (AvgIpc) is 3.06. The van der Waals surface area contributed by atoms with Crippen LogP contribution in [0.25, 0.3) is 0 Å². The second kappa shape index (κ2) is 29.8. The minimum atomic E-state index is -0.114. The molecule has 260 valence electrons. The van der Waals surface area contributed by atoms with Gasteiger partial charge < -0.3 is 9.47 Å². The van der Waals surface area contributed by atoms with E-state index in [0.29, 0.717) is 26.1 Å². The van der Waals surface area contributed by atoms with Crippen molar-refractivity contribution in [3.63, 3.8) is 0 Å². The lowest BCUT2D eigenvalue weighted by Gasteiger charge is -2.19. The highest BCUT2D eigenvalue weighted by atomic mass is 16.5. The lowest BCUT2D eigenvalue weighted by atomic mass is 9.86. The number of hydrogen-bond donors (Lipinski definition) is 0. The third-order valence-corrected chi connectivity index (χ3v) is 8.75. The van der Waals surface area contributed by atoms with Crippen molar-refractivity contribution in [3.8, 4) is 0 Å². The monoisotopic (exact) mass is 637 g/mol. The summed E-state index contributed by atoms with van der Waals surface area (Å²) < 4.78 is 10.2. The molecule has 0 amide bonds. The Balaban J connectivity index is 2.86. The van der Waals surface area contributed by atoms with Crippen LogP contribution in [0.3, 0.4) is 0 Å². The number of carbonyl (C=O) groups is 2. The van der Waals surface area contributed by atoms with Gasteiger partial charge in [0, 0.05) is 12.8 Å². The number of esters is 2. The molecule has 0 radical (unpaired) electrons. The van der Waals surface area contributed by atoms with Gasteiger partial charge in [-0.1, -0.05) is 134 Å². The maximum absolute atomic E-state index is 11.8. The summed E-state index contributed by atoms with van der Waals surface area (Å²) in [7, 11) is 0. The molecule has 0 aliphatic rings. The minimum absolute atomic E-state index is 0.112. The molecule has 0 spiro atoms. The number of unbranched alkanes of at least 4 members (excludes halogenated alkanes) is 14. The topological polar surface area (TPSA) is 52.6 Å². The smallest absolute Gasteiger partial charge is 0.306 e. The van der Waals surface area contributed by atoms with Crippen molar-refractivity contribution in [2.45, 2.75) is 168 Å². The van der Waals surface area contributed by atoms with E-state index in [2.05, 4.69) is 51.3 Å². The Morgan fingerprint density at radius 1 is 0.565 bits per heavy atom. The molecule has 1 aromatic rings. The summed E-state index contributed by atoms with van der Waals surface area (Å²) in [5.41, 5.74) is 6.33. The molecule has 0 heterocycles. The van der Waals surface area contributed by atoms with E-state index in [4.69, 9.17) is 9.47 Å². The van der Waals surface area contributed by atoms with Crippen LogP contribution in [-0.4, -0.2) is 25.2 Å². The highest BCUT2D eigenvalue weighted by Crippen LogP contribution is 2.27. The predicted molar refractivity (Wildman–Crippen MR) is 196 cm³/mol. The summed E-state index contributed by atoms with van der Waals surface area (Å²) in [6, 6.07) is 4.90. The summed E-state index contributed by atoms with van der Waals surface area (Å²) in [5.74, 6) is -0.226. The van der Waals surface area contributed by atoms with E-state index >= 15 is 0 Å². The van der Waals surface area contributed by atoms with Crippen LogP contribution in [-0.2, 0) is 44.7 Å². The van der Waals surface area contributed by atoms with Crippen molar-refractivity contribution in [2.24, 2.45) is 0 Å². The van der Waals surface area contributed by atoms with E-state index in [0.717, 1.165) is 57.8 Å².